The topological polar surface area (TPSA) is 106 Å². The van der Waals surface area contributed by atoms with Gasteiger partial charge in [-0.25, -0.2) is 0 Å². The molecule has 0 aliphatic heterocycles. The fraction of sp³-hybridized carbons (Fsp3) is 0.333. The molecule has 1 aromatic carbocycles. The fourth-order valence-electron chi connectivity index (χ4n) is 1.80. The second kappa shape index (κ2) is 7.82. The second-order valence-electron chi connectivity index (χ2n) is 4.86. The summed E-state index contributed by atoms with van der Waals surface area (Å²) in [7, 11) is 3.06. The van der Waals surface area contributed by atoms with E-state index >= 15 is 0 Å². The van der Waals surface area contributed by atoms with Gasteiger partial charge in [0.05, 0.1) is 25.2 Å². The van der Waals surface area contributed by atoms with Crippen molar-refractivity contribution in [2.75, 3.05) is 19.5 Å². The molecule has 1 amide bonds. The number of aryl methyl sites for hydroxylation is 1. The van der Waals surface area contributed by atoms with Crippen molar-refractivity contribution in [2.45, 2.75) is 24.3 Å². The van der Waals surface area contributed by atoms with E-state index in [-0.39, 0.29) is 22.3 Å². The van der Waals surface area contributed by atoms with Gasteiger partial charge in [-0.15, -0.1) is 10.2 Å². The third-order valence-electron chi connectivity index (χ3n) is 3.16. The Labute approximate surface area is 143 Å². The number of nitrogens with one attached hydrogen (secondary N) is 2. The molecule has 0 radical (unpaired) electrons. The molecule has 0 fully saturated rings. The fourth-order valence-corrected chi connectivity index (χ4v) is 2.54. The minimum atomic E-state index is -0.506. The highest BCUT2D eigenvalue weighted by molar-refractivity contribution is 8.00. The van der Waals surface area contributed by atoms with Crippen molar-refractivity contribution in [3.8, 4) is 11.5 Å². The molecule has 8 nitrogen and oxygen atoms in total. The van der Waals surface area contributed by atoms with E-state index in [1.165, 1.54) is 14.2 Å². The van der Waals surface area contributed by atoms with Gasteiger partial charge in [-0.05, 0) is 26.0 Å². The first-order chi connectivity index (χ1) is 11.4. The highest BCUT2D eigenvalue weighted by Gasteiger charge is 2.18. The molecular weight excluding hydrogens is 332 g/mol. The molecular formula is C15H18N4O4S. The lowest BCUT2D eigenvalue weighted by Gasteiger charge is -2.14. The Hall–Kier alpha value is -2.55. The number of H-pyrrole nitrogens is 1. The smallest absolute Gasteiger partial charge is 0.273 e. The van der Waals surface area contributed by atoms with Crippen LogP contribution in [0.1, 0.15) is 12.6 Å². The van der Waals surface area contributed by atoms with Gasteiger partial charge in [0.25, 0.3) is 5.56 Å². The number of hydrogen-bond acceptors (Lipinski definition) is 7. The van der Waals surface area contributed by atoms with Gasteiger partial charge in [0.2, 0.25) is 5.91 Å². The Morgan fingerprint density at radius 3 is 2.67 bits per heavy atom. The molecule has 0 bridgehead atoms. The Bertz CT molecular complexity index is 793. The van der Waals surface area contributed by atoms with Crippen LogP contribution in [0.25, 0.3) is 0 Å². The molecule has 2 N–H and O–H groups in total. The third kappa shape index (κ3) is 4.25. The highest BCUT2D eigenvalue weighted by atomic mass is 32.2. The van der Waals surface area contributed by atoms with Gasteiger partial charge < -0.3 is 14.8 Å². The van der Waals surface area contributed by atoms with E-state index in [1.54, 1.807) is 32.0 Å². The number of amides is 1. The van der Waals surface area contributed by atoms with Gasteiger partial charge in [-0.2, -0.15) is 0 Å². The lowest BCUT2D eigenvalue weighted by molar-refractivity contribution is -0.115. The number of carbonyl (C=O) groups is 1. The Morgan fingerprint density at radius 2 is 2.04 bits per heavy atom. The maximum absolute atomic E-state index is 12.4. The molecule has 2 rings (SSSR count). The quantitative estimate of drug-likeness (QED) is 0.762. The SMILES string of the molecule is COc1ccc(OC)c(NC(=O)C(C)Sc2nnc(C)c(=O)[nH]2)c1. The Morgan fingerprint density at radius 1 is 1.29 bits per heavy atom. The van der Waals surface area contributed by atoms with Crippen LogP contribution in [0.4, 0.5) is 5.69 Å². The van der Waals surface area contributed by atoms with Crippen LogP contribution in [0.2, 0.25) is 0 Å². The van der Waals surface area contributed by atoms with Gasteiger partial charge in [0, 0.05) is 6.07 Å². The van der Waals surface area contributed by atoms with Crippen molar-refractivity contribution >= 4 is 23.4 Å². The molecule has 2 aromatic rings. The predicted octanol–water partition coefficient (Wildman–Crippen LogP) is 1.61. The average molecular weight is 350 g/mol. The first-order valence-corrected chi connectivity index (χ1v) is 7.95. The largest absolute Gasteiger partial charge is 0.497 e. The Kier molecular flexibility index (Phi) is 5.80. The number of ether oxygens (including phenoxy) is 2. The van der Waals surface area contributed by atoms with E-state index < -0.39 is 5.25 Å². The monoisotopic (exact) mass is 350 g/mol. The summed E-state index contributed by atoms with van der Waals surface area (Å²) in [6, 6.07) is 5.11. The van der Waals surface area contributed by atoms with Gasteiger partial charge in [-0.3, -0.25) is 14.6 Å². The van der Waals surface area contributed by atoms with Crippen LogP contribution in [0.15, 0.2) is 28.2 Å². The number of rotatable bonds is 6. The van der Waals surface area contributed by atoms with Crippen LogP contribution >= 0.6 is 11.8 Å². The molecule has 0 aliphatic rings. The summed E-state index contributed by atoms with van der Waals surface area (Å²) >= 11 is 1.10. The van der Waals surface area contributed by atoms with E-state index in [4.69, 9.17) is 9.47 Å². The van der Waals surface area contributed by atoms with Crippen LogP contribution in [0.5, 0.6) is 11.5 Å². The molecule has 1 atom stereocenters. The van der Waals surface area contributed by atoms with E-state index in [0.29, 0.717) is 17.2 Å². The molecule has 0 saturated heterocycles. The first kappa shape index (κ1) is 17.8. The van der Waals surface area contributed by atoms with Crippen molar-refractivity contribution in [2.24, 2.45) is 0 Å². The van der Waals surface area contributed by atoms with E-state index in [1.807, 2.05) is 0 Å². The van der Waals surface area contributed by atoms with Crippen LogP contribution in [-0.2, 0) is 4.79 Å². The number of hydrogen-bond donors (Lipinski definition) is 2. The molecule has 1 unspecified atom stereocenters. The zero-order chi connectivity index (χ0) is 17.7. The number of thioether (sulfide) groups is 1. The van der Waals surface area contributed by atoms with Gasteiger partial charge in [-0.1, -0.05) is 11.8 Å². The summed E-state index contributed by atoms with van der Waals surface area (Å²) in [6.45, 7) is 3.26. The van der Waals surface area contributed by atoms with Crippen LogP contribution < -0.4 is 20.3 Å². The maximum atomic E-state index is 12.4. The number of anilines is 1. The van der Waals surface area contributed by atoms with Crippen molar-refractivity contribution in [1.82, 2.24) is 15.2 Å². The van der Waals surface area contributed by atoms with E-state index in [0.717, 1.165) is 11.8 Å². The summed E-state index contributed by atoms with van der Waals surface area (Å²) in [5, 5.41) is 10.2. The lowest BCUT2D eigenvalue weighted by Crippen LogP contribution is -2.24. The zero-order valence-corrected chi connectivity index (χ0v) is 14.6. The van der Waals surface area contributed by atoms with E-state index in [9.17, 15) is 9.59 Å². The van der Waals surface area contributed by atoms with Crippen LogP contribution in [0, 0.1) is 6.92 Å². The van der Waals surface area contributed by atoms with Gasteiger partial charge in [0.1, 0.15) is 17.2 Å². The van der Waals surface area contributed by atoms with Crippen molar-refractivity contribution in [3.05, 3.63) is 34.2 Å². The molecule has 0 saturated carbocycles. The molecule has 24 heavy (non-hydrogen) atoms. The summed E-state index contributed by atoms with van der Waals surface area (Å²) in [6.07, 6.45) is 0. The Balaban J connectivity index is 2.11. The van der Waals surface area contributed by atoms with Crippen LogP contribution in [-0.4, -0.2) is 40.6 Å². The second-order valence-corrected chi connectivity index (χ2v) is 6.19. The molecule has 0 aliphatic carbocycles. The summed E-state index contributed by atoms with van der Waals surface area (Å²) in [5.41, 5.74) is 0.449. The minimum Gasteiger partial charge on any atom is -0.497 e. The number of methoxy groups -OCH3 is 2. The maximum Gasteiger partial charge on any atom is 0.273 e. The number of nitrogens with zero attached hydrogens (tertiary/aromatic N) is 2. The summed E-state index contributed by atoms with van der Waals surface area (Å²) in [4.78, 5) is 26.5. The molecule has 128 valence electrons. The molecule has 1 heterocycles. The standard InChI is InChI=1S/C15H18N4O4S/c1-8-13(20)17-15(19-18-8)24-9(2)14(21)16-11-7-10(22-3)5-6-12(11)23-4/h5-7,9H,1-4H3,(H,16,21)(H,17,19,20). The van der Waals surface area contributed by atoms with Crippen molar-refractivity contribution in [3.63, 3.8) is 0 Å². The minimum absolute atomic E-state index is 0.269. The third-order valence-corrected chi connectivity index (χ3v) is 4.14. The summed E-state index contributed by atoms with van der Waals surface area (Å²) < 4.78 is 10.4. The van der Waals surface area contributed by atoms with E-state index in [2.05, 4.69) is 20.5 Å². The van der Waals surface area contributed by atoms with Gasteiger partial charge >= 0.3 is 0 Å². The number of carbonyl (C=O) groups excluding carboxylic acids is 1. The normalized spacial score (nSPS) is 11.7. The lowest BCUT2D eigenvalue weighted by atomic mass is 10.2. The number of aromatic nitrogens is 3. The molecule has 9 heteroatoms. The molecule has 0 spiro atoms. The van der Waals surface area contributed by atoms with Crippen molar-refractivity contribution in [1.29, 1.82) is 0 Å². The number of aromatic amines is 1. The zero-order valence-electron chi connectivity index (χ0n) is 13.7. The number of benzene rings is 1. The first-order valence-electron chi connectivity index (χ1n) is 7.07. The molecule has 1 aromatic heterocycles. The predicted molar refractivity (Wildman–Crippen MR) is 90.9 cm³/mol. The highest BCUT2D eigenvalue weighted by Crippen LogP contribution is 2.30. The average Bonchev–Trinajstić information content (AvgIpc) is 2.58. The van der Waals surface area contributed by atoms with Crippen LogP contribution in [0.3, 0.4) is 0 Å². The van der Waals surface area contributed by atoms with Gasteiger partial charge in [0.15, 0.2) is 5.16 Å². The van der Waals surface area contributed by atoms with Crippen molar-refractivity contribution < 1.29 is 14.3 Å². The summed E-state index contributed by atoms with van der Waals surface area (Å²) in [5.74, 6) is 0.847.